The van der Waals surface area contributed by atoms with Crippen molar-refractivity contribution in [3.63, 3.8) is 0 Å². The van der Waals surface area contributed by atoms with E-state index in [9.17, 15) is 0 Å². The maximum absolute atomic E-state index is 4.73. The van der Waals surface area contributed by atoms with Gasteiger partial charge in [0.25, 0.3) is 0 Å². The summed E-state index contributed by atoms with van der Waals surface area (Å²) in [6.45, 7) is 2.10. The van der Waals surface area contributed by atoms with Gasteiger partial charge in [0.1, 0.15) is 0 Å². The number of fused-ring (bicyclic) bond motifs is 1. The molecule has 0 spiro atoms. The SMILES string of the molecule is Cc1ccnc(-c2cccc(-c3ccc(-c4ccccn4)c4ccncc34)c2-c2ccccc2)c1. The van der Waals surface area contributed by atoms with Crippen molar-refractivity contribution >= 4 is 10.8 Å². The highest BCUT2D eigenvalue weighted by atomic mass is 14.7. The lowest BCUT2D eigenvalue weighted by Crippen LogP contribution is -1.94. The summed E-state index contributed by atoms with van der Waals surface area (Å²) in [7, 11) is 0. The summed E-state index contributed by atoms with van der Waals surface area (Å²) < 4.78 is 0. The molecule has 0 fully saturated rings. The van der Waals surface area contributed by atoms with Gasteiger partial charge in [-0.15, -0.1) is 0 Å². The zero-order valence-corrected chi connectivity index (χ0v) is 19.4. The molecule has 0 aliphatic carbocycles. The second-order valence-electron chi connectivity index (χ2n) is 8.61. The van der Waals surface area contributed by atoms with Crippen molar-refractivity contribution in [1.29, 1.82) is 0 Å². The molecule has 0 unspecified atom stereocenters. The fourth-order valence-electron chi connectivity index (χ4n) is 4.76. The number of pyridine rings is 3. The number of nitrogens with zero attached hydrogens (tertiary/aromatic N) is 3. The highest BCUT2D eigenvalue weighted by Gasteiger charge is 2.18. The van der Waals surface area contributed by atoms with Gasteiger partial charge in [0.05, 0.1) is 11.4 Å². The minimum Gasteiger partial charge on any atom is -0.264 e. The van der Waals surface area contributed by atoms with Crippen LogP contribution >= 0.6 is 0 Å². The van der Waals surface area contributed by atoms with Crippen LogP contribution in [-0.4, -0.2) is 15.0 Å². The van der Waals surface area contributed by atoms with E-state index in [1.807, 2.05) is 49.1 Å². The molecule has 0 saturated carbocycles. The number of benzene rings is 3. The van der Waals surface area contributed by atoms with Crippen molar-refractivity contribution in [2.75, 3.05) is 0 Å². The van der Waals surface area contributed by atoms with Crippen molar-refractivity contribution in [3.8, 4) is 44.8 Å². The Balaban J connectivity index is 1.66. The van der Waals surface area contributed by atoms with E-state index in [0.717, 1.165) is 50.0 Å². The molecule has 0 aliphatic rings. The predicted molar refractivity (Wildman–Crippen MR) is 144 cm³/mol. The first-order valence-electron chi connectivity index (χ1n) is 11.7. The number of aryl methyl sites for hydroxylation is 1. The van der Waals surface area contributed by atoms with Gasteiger partial charge in [-0.1, -0.05) is 66.7 Å². The van der Waals surface area contributed by atoms with Gasteiger partial charge in [0.15, 0.2) is 0 Å². The van der Waals surface area contributed by atoms with Crippen LogP contribution in [0.25, 0.3) is 55.5 Å². The molecule has 6 aromatic rings. The Morgan fingerprint density at radius 3 is 2.14 bits per heavy atom. The maximum Gasteiger partial charge on any atom is 0.0711 e. The van der Waals surface area contributed by atoms with Crippen molar-refractivity contribution in [3.05, 3.63) is 127 Å². The van der Waals surface area contributed by atoms with Crippen molar-refractivity contribution < 1.29 is 0 Å². The molecule has 0 N–H and O–H groups in total. The smallest absolute Gasteiger partial charge is 0.0711 e. The van der Waals surface area contributed by atoms with Gasteiger partial charge >= 0.3 is 0 Å². The van der Waals surface area contributed by atoms with Crippen LogP contribution in [0.4, 0.5) is 0 Å². The van der Waals surface area contributed by atoms with E-state index in [1.54, 1.807) is 0 Å². The molecule has 3 heterocycles. The Hall–Kier alpha value is -4.63. The lowest BCUT2D eigenvalue weighted by atomic mass is 9.86. The average Bonchev–Trinajstić information content (AvgIpc) is 2.93. The summed E-state index contributed by atoms with van der Waals surface area (Å²) in [5, 5.41) is 2.23. The monoisotopic (exact) mass is 449 g/mol. The molecule has 3 heteroatoms. The average molecular weight is 450 g/mol. The zero-order valence-electron chi connectivity index (χ0n) is 19.4. The summed E-state index contributed by atoms with van der Waals surface area (Å²) in [4.78, 5) is 13.8. The third-order valence-corrected chi connectivity index (χ3v) is 6.37. The number of aromatic nitrogens is 3. The van der Waals surface area contributed by atoms with Crippen LogP contribution in [0.1, 0.15) is 5.56 Å². The fraction of sp³-hybridized carbons (Fsp3) is 0.0312. The van der Waals surface area contributed by atoms with Crippen LogP contribution in [0.2, 0.25) is 0 Å². The molecule has 3 nitrogen and oxygen atoms in total. The predicted octanol–water partition coefficient (Wildman–Crippen LogP) is 8.00. The largest absolute Gasteiger partial charge is 0.264 e. The third-order valence-electron chi connectivity index (χ3n) is 6.37. The van der Waals surface area contributed by atoms with E-state index in [4.69, 9.17) is 4.98 Å². The van der Waals surface area contributed by atoms with Crippen molar-refractivity contribution in [2.45, 2.75) is 6.92 Å². The van der Waals surface area contributed by atoms with E-state index in [0.29, 0.717) is 0 Å². The lowest BCUT2D eigenvalue weighted by molar-refractivity contribution is 1.29. The van der Waals surface area contributed by atoms with Gasteiger partial charge in [-0.05, 0) is 70.5 Å². The fourth-order valence-corrected chi connectivity index (χ4v) is 4.76. The van der Waals surface area contributed by atoms with E-state index in [-0.39, 0.29) is 0 Å². The molecule has 166 valence electrons. The Labute approximate surface area is 204 Å². The zero-order chi connectivity index (χ0) is 23.6. The molecular weight excluding hydrogens is 426 g/mol. The number of hydrogen-bond donors (Lipinski definition) is 0. The van der Waals surface area contributed by atoms with E-state index < -0.39 is 0 Å². The van der Waals surface area contributed by atoms with Crippen LogP contribution < -0.4 is 0 Å². The molecule has 0 radical (unpaired) electrons. The topological polar surface area (TPSA) is 38.7 Å². The lowest BCUT2D eigenvalue weighted by Gasteiger charge is -2.18. The van der Waals surface area contributed by atoms with Crippen LogP contribution in [0.3, 0.4) is 0 Å². The first kappa shape index (κ1) is 20.9. The number of rotatable bonds is 4. The summed E-state index contributed by atoms with van der Waals surface area (Å²) >= 11 is 0. The molecule has 6 rings (SSSR count). The minimum atomic E-state index is 0.955. The quantitative estimate of drug-likeness (QED) is 0.274. The normalized spacial score (nSPS) is 11.0. The standard InChI is InChI=1S/C32H23N3/c1-22-15-19-35-31(20-22)28-11-7-10-27(32(28)23-8-3-2-4-9-23)24-13-14-26(30-12-5-6-17-34-30)25-16-18-33-21-29(24)25/h2-21H,1H3. The van der Waals surface area contributed by atoms with Gasteiger partial charge in [0, 0.05) is 41.3 Å². The maximum atomic E-state index is 4.73. The van der Waals surface area contributed by atoms with E-state index >= 15 is 0 Å². The number of hydrogen-bond acceptors (Lipinski definition) is 3. The third kappa shape index (κ3) is 3.87. The molecule has 0 atom stereocenters. The van der Waals surface area contributed by atoms with E-state index in [2.05, 4.69) is 89.7 Å². The van der Waals surface area contributed by atoms with Crippen molar-refractivity contribution in [1.82, 2.24) is 15.0 Å². The summed E-state index contributed by atoms with van der Waals surface area (Å²) in [6, 6.07) is 33.7. The van der Waals surface area contributed by atoms with Crippen LogP contribution in [0.15, 0.2) is 122 Å². The summed E-state index contributed by atoms with van der Waals surface area (Å²) in [6.07, 6.45) is 7.53. The van der Waals surface area contributed by atoms with Crippen LogP contribution in [-0.2, 0) is 0 Å². The first-order valence-corrected chi connectivity index (χ1v) is 11.7. The Morgan fingerprint density at radius 1 is 0.514 bits per heavy atom. The van der Waals surface area contributed by atoms with Gasteiger partial charge in [0.2, 0.25) is 0 Å². The molecule has 0 saturated heterocycles. The van der Waals surface area contributed by atoms with E-state index in [1.165, 1.54) is 11.1 Å². The van der Waals surface area contributed by atoms with Crippen molar-refractivity contribution in [2.24, 2.45) is 0 Å². The Bertz CT molecular complexity index is 1640. The first-order chi connectivity index (χ1) is 17.3. The molecule has 0 bridgehead atoms. The minimum absolute atomic E-state index is 0.955. The van der Waals surface area contributed by atoms with Gasteiger partial charge in [-0.3, -0.25) is 15.0 Å². The molecule has 3 aromatic carbocycles. The molecule has 0 aliphatic heterocycles. The Kier molecular flexibility index (Phi) is 5.36. The van der Waals surface area contributed by atoms with Gasteiger partial charge < -0.3 is 0 Å². The van der Waals surface area contributed by atoms with Crippen LogP contribution in [0, 0.1) is 6.92 Å². The highest BCUT2D eigenvalue weighted by Crippen LogP contribution is 2.43. The summed E-state index contributed by atoms with van der Waals surface area (Å²) in [5.41, 5.74) is 9.95. The highest BCUT2D eigenvalue weighted by molar-refractivity contribution is 6.07. The molecule has 35 heavy (non-hydrogen) atoms. The second-order valence-corrected chi connectivity index (χ2v) is 8.61. The second kappa shape index (κ2) is 8.96. The molecule has 3 aromatic heterocycles. The summed E-state index contributed by atoms with van der Waals surface area (Å²) in [5.74, 6) is 0. The van der Waals surface area contributed by atoms with Gasteiger partial charge in [-0.2, -0.15) is 0 Å². The Morgan fingerprint density at radius 2 is 1.31 bits per heavy atom. The van der Waals surface area contributed by atoms with Crippen LogP contribution in [0.5, 0.6) is 0 Å². The molecular formula is C32H23N3. The molecule has 0 amide bonds. The van der Waals surface area contributed by atoms with Gasteiger partial charge in [-0.25, -0.2) is 0 Å².